The molecule has 0 bridgehead atoms. The zero-order valence-electron chi connectivity index (χ0n) is 10.8. The molecule has 3 heteroatoms. The average Bonchev–Trinajstić information content (AvgIpc) is 2.30. The fourth-order valence-electron chi connectivity index (χ4n) is 1.81. The van der Waals surface area contributed by atoms with Crippen molar-refractivity contribution in [2.45, 2.75) is 44.6 Å². The van der Waals surface area contributed by atoms with E-state index in [0.29, 0.717) is 6.04 Å². The molecule has 92 valence electrons. The lowest BCUT2D eigenvalue weighted by Crippen LogP contribution is -2.15. The number of hydrogen-bond acceptors (Lipinski definition) is 3. The molecular weight excluding hydrogens is 228 g/mol. The van der Waals surface area contributed by atoms with Gasteiger partial charge in [0.2, 0.25) is 0 Å². The normalized spacial score (nSPS) is 11.9. The first kappa shape index (κ1) is 13.9. The first-order valence-corrected chi connectivity index (χ1v) is 7.13. The van der Waals surface area contributed by atoms with Crippen molar-refractivity contribution in [3.63, 3.8) is 0 Å². The molecule has 0 aliphatic carbocycles. The second kappa shape index (κ2) is 7.24. The van der Waals surface area contributed by atoms with Crippen LogP contribution in [0.1, 0.15) is 39.2 Å². The van der Waals surface area contributed by atoms with E-state index in [2.05, 4.69) is 32.2 Å². The Morgan fingerprint density at radius 2 is 2.18 bits per heavy atom. The first-order chi connectivity index (χ1) is 8.22. The van der Waals surface area contributed by atoms with Gasteiger partial charge >= 0.3 is 0 Å². The summed E-state index contributed by atoms with van der Waals surface area (Å²) in [4.78, 5) is 1.07. The zero-order valence-corrected chi connectivity index (χ0v) is 11.6. The molecule has 0 aromatic heterocycles. The fourth-order valence-corrected chi connectivity index (χ4v) is 2.60. The summed E-state index contributed by atoms with van der Waals surface area (Å²) in [6, 6.07) is 8.74. The molecule has 0 saturated carbocycles. The Balaban J connectivity index is 2.91. The minimum atomic E-state index is 0.411. The maximum absolute atomic E-state index is 9.27. The van der Waals surface area contributed by atoms with Gasteiger partial charge < -0.3 is 5.32 Å². The third-order valence-corrected chi connectivity index (χ3v) is 3.50. The lowest BCUT2D eigenvalue weighted by Gasteiger charge is -2.16. The van der Waals surface area contributed by atoms with Gasteiger partial charge in [-0.15, -0.1) is 11.8 Å². The Bertz CT molecular complexity index is 396. The predicted octanol–water partition coefficient (Wildman–Crippen LogP) is 4.27. The summed E-state index contributed by atoms with van der Waals surface area (Å²) in [6.07, 6.45) is 2.27. The first-order valence-electron chi connectivity index (χ1n) is 6.15. The number of thioether (sulfide) groups is 1. The third kappa shape index (κ3) is 3.98. The van der Waals surface area contributed by atoms with Crippen LogP contribution in [0.5, 0.6) is 0 Å². The molecule has 1 atom stereocenters. The number of nitriles is 1. The van der Waals surface area contributed by atoms with Crippen LogP contribution in [-0.2, 0) is 0 Å². The van der Waals surface area contributed by atoms with Crippen molar-refractivity contribution in [1.82, 2.24) is 0 Å². The minimum absolute atomic E-state index is 0.411. The van der Waals surface area contributed by atoms with Gasteiger partial charge in [-0.2, -0.15) is 5.26 Å². The summed E-state index contributed by atoms with van der Waals surface area (Å²) in [7, 11) is 0. The van der Waals surface area contributed by atoms with Gasteiger partial charge in [0.1, 0.15) is 6.07 Å². The third-order valence-electron chi connectivity index (χ3n) is 2.56. The highest BCUT2D eigenvalue weighted by Crippen LogP contribution is 2.28. The molecule has 0 amide bonds. The molecule has 0 radical (unpaired) electrons. The molecule has 2 nitrogen and oxygen atoms in total. The Labute approximate surface area is 108 Å². The van der Waals surface area contributed by atoms with E-state index < -0.39 is 0 Å². The van der Waals surface area contributed by atoms with E-state index in [1.54, 1.807) is 11.8 Å². The second-order valence-corrected chi connectivity index (χ2v) is 5.36. The highest BCUT2D eigenvalue weighted by molar-refractivity contribution is 7.99. The highest BCUT2D eigenvalue weighted by atomic mass is 32.2. The minimum Gasteiger partial charge on any atom is -0.381 e. The van der Waals surface area contributed by atoms with Crippen molar-refractivity contribution in [2.24, 2.45) is 0 Å². The summed E-state index contributed by atoms with van der Waals surface area (Å²) >= 11 is 1.72. The smallest absolute Gasteiger partial charge is 0.102 e. The van der Waals surface area contributed by atoms with Crippen molar-refractivity contribution < 1.29 is 0 Å². The number of nitrogens with zero attached hydrogens (tertiary/aromatic N) is 1. The standard InChI is InChI=1S/C14H20N2S/c1-4-7-11(3)16-13-8-6-9-14(17-5-2)12(13)10-15/h6,8-9,11,16H,4-5,7H2,1-3H3. The van der Waals surface area contributed by atoms with Gasteiger partial charge in [-0.1, -0.05) is 26.3 Å². The average molecular weight is 248 g/mol. The second-order valence-electron chi connectivity index (χ2n) is 4.06. The van der Waals surface area contributed by atoms with Crippen LogP contribution in [0.2, 0.25) is 0 Å². The lowest BCUT2D eigenvalue weighted by atomic mass is 10.1. The van der Waals surface area contributed by atoms with Crippen LogP contribution >= 0.6 is 11.8 Å². The van der Waals surface area contributed by atoms with E-state index in [0.717, 1.165) is 34.7 Å². The zero-order chi connectivity index (χ0) is 12.7. The van der Waals surface area contributed by atoms with Crippen molar-refractivity contribution in [1.29, 1.82) is 5.26 Å². The molecule has 0 fully saturated rings. The van der Waals surface area contributed by atoms with Crippen molar-refractivity contribution >= 4 is 17.4 Å². The van der Waals surface area contributed by atoms with Crippen LogP contribution in [0.25, 0.3) is 0 Å². The van der Waals surface area contributed by atoms with Crippen LogP contribution in [0, 0.1) is 11.3 Å². The fraction of sp³-hybridized carbons (Fsp3) is 0.500. The number of hydrogen-bond donors (Lipinski definition) is 1. The number of nitrogens with one attached hydrogen (secondary N) is 1. The van der Waals surface area contributed by atoms with Gasteiger partial charge in [-0.3, -0.25) is 0 Å². The Morgan fingerprint density at radius 1 is 1.41 bits per heavy atom. The van der Waals surface area contributed by atoms with Crippen LogP contribution < -0.4 is 5.32 Å². The van der Waals surface area contributed by atoms with E-state index in [9.17, 15) is 5.26 Å². The largest absolute Gasteiger partial charge is 0.381 e. The van der Waals surface area contributed by atoms with E-state index in [1.807, 2.05) is 18.2 Å². The van der Waals surface area contributed by atoms with Crippen LogP contribution in [-0.4, -0.2) is 11.8 Å². The SMILES string of the molecule is CCCC(C)Nc1cccc(SCC)c1C#N. The molecule has 1 aromatic rings. The summed E-state index contributed by atoms with van der Waals surface area (Å²) in [5.41, 5.74) is 1.74. The van der Waals surface area contributed by atoms with Gasteiger partial charge in [0.05, 0.1) is 11.3 Å². The van der Waals surface area contributed by atoms with Gasteiger partial charge in [0, 0.05) is 10.9 Å². The van der Waals surface area contributed by atoms with Crippen molar-refractivity contribution in [3.05, 3.63) is 23.8 Å². The topological polar surface area (TPSA) is 35.8 Å². The Hall–Kier alpha value is -1.14. The molecule has 0 aliphatic heterocycles. The number of anilines is 1. The molecule has 1 aromatic carbocycles. The quantitative estimate of drug-likeness (QED) is 0.764. The molecule has 17 heavy (non-hydrogen) atoms. The molecule has 1 unspecified atom stereocenters. The monoisotopic (exact) mass is 248 g/mol. The van der Waals surface area contributed by atoms with E-state index in [-0.39, 0.29) is 0 Å². The molecule has 1 rings (SSSR count). The van der Waals surface area contributed by atoms with E-state index in [4.69, 9.17) is 0 Å². The lowest BCUT2D eigenvalue weighted by molar-refractivity contribution is 0.690. The molecule has 0 aliphatic rings. The summed E-state index contributed by atoms with van der Waals surface area (Å²) in [5, 5.41) is 12.7. The predicted molar refractivity (Wildman–Crippen MR) is 75.5 cm³/mol. The molecule has 0 heterocycles. The Morgan fingerprint density at radius 3 is 2.76 bits per heavy atom. The summed E-state index contributed by atoms with van der Waals surface area (Å²) in [5.74, 6) is 0.989. The van der Waals surface area contributed by atoms with Gasteiger partial charge in [-0.25, -0.2) is 0 Å². The molecular formula is C14H20N2S. The molecule has 0 spiro atoms. The maximum Gasteiger partial charge on any atom is 0.102 e. The summed E-state index contributed by atoms with van der Waals surface area (Å²) in [6.45, 7) is 6.43. The number of rotatable bonds is 6. The summed E-state index contributed by atoms with van der Waals surface area (Å²) < 4.78 is 0. The number of benzene rings is 1. The van der Waals surface area contributed by atoms with Crippen molar-refractivity contribution in [2.75, 3.05) is 11.1 Å². The van der Waals surface area contributed by atoms with Crippen LogP contribution in [0.15, 0.2) is 23.1 Å². The van der Waals surface area contributed by atoms with E-state index in [1.165, 1.54) is 0 Å². The Kier molecular flexibility index (Phi) is 5.93. The van der Waals surface area contributed by atoms with E-state index >= 15 is 0 Å². The highest BCUT2D eigenvalue weighted by Gasteiger charge is 2.09. The van der Waals surface area contributed by atoms with Gasteiger partial charge in [0.15, 0.2) is 0 Å². The maximum atomic E-state index is 9.27. The van der Waals surface area contributed by atoms with Crippen LogP contribution in [0.3, 0.4) is 0 Å². The van der Waals surface area contributed by atoms with Gasteiger partial charge in [0.25, 0.3) is 0 Å². The van der Waals surface area contributed by atoms with Crippen LogP contribution in [0.4, 0.5) is 5.69 Å². The van der Waals surface area contributed by atoms with Gasteiger partial charge in [-0.05, 0) is 31.2 Å². The van der Waals surface area contributed by atoms with Crippen molar-refractivity contribution in [3.8, 4) is 6.07 Å². The molecule has 1 N–H and O–H groups in total. The molecule has 0 saturated heterocycles.